The summed E-state index contributed by atoms with van der Waals surface area (Å²) in [5.74, 6) is 3.70. The summed E-state index contributed by atoms with van der Waals surface area (Å²) in [6.45, 7) is 0.469. The lowest BCUT2D eigenvalue weighted by molar-refractivity contribution is 0.295. The van der Waals surface area contributed by atoms with Gasteiger partial charge in [0.05, 0.1) is 37.6 Å². The van der Waals surface area contributed by atoms with E-state index in [4.69, 9.17) is 30.5 Å². The van der Waals surface area contributed by atoms with Crippen LogP contribution in [0.15, 0.2) is 66.9 Å². The Morgan fingerprint density at radius 2 is 1.74 bits per heavy atom. The fourth-order valence-corrected chi connectivity index (χ4v) is 3.59. The van der Waals surface area contributed by atoms with Crippen molar-refractivity contribution >= 4 is 33.9 Å². The van der Waals surface area contributed by atoms with Crippen LogP contribution in [0.4, 0.5) is 11.4 Å². The Hall–Kier alpha value is -4.15. The molecule has 4 aromatic rings. The van der Waals surface area contributed by atoms with E-state index in [1.54, 1.807) is 26.5 Å². The standard InChI is InChI=1S/C27H24ClN3O4/c1-32-21-5-3-6-22(13-21)35-20-9-7-19(8-10-20)31-27-18(16-29)17-30-24-15-26(34-12-4-11-28)25(33-2)14-23(24)27/h3,5-10,13-15,17H,4,11-12H2,1-2H3,(H,30,31). The Bertz CT molecular complexity index is 1350. The summed E-state index contributed by atoms with van der Waals surface area (Å²) < 4.78 is 22.5. The smallest absolute Gasteiger partial charge is 0.163 e. The van der Waals surface area contributed by atoms with E-state index in [0.29, 0.717) is 58.7 Å². The number of halogens is 1. The zero-order valence-corrected chi connectivity index (χ0v) is 20.1. The summed E-state index contributed by atoms with van der Waals surface area (Å²) in [6, 6.07) is 20.7. The number of hydrogen-bond donors (Lipinski definition) is 1. The molecule has 0 spiro atoms. The summed E-state index contributed by atoms with van der Waals surface area (Å²) in [4.78, 5) is 4.44. The monoisotopic (exact) mass is 489 g/mol. The molecule has 0 fully saturated rings. The van der Waals surface area contributed by atoms with E-state index in [-0.39, 0.29) is 0 Å². The summed E-state index contributed by atoms with van der Waals surface area (Å²) >= 11 is 5.75. The number of hydrogen-bond acceptors (Lipinski definition) is 7. The first-order valence-electron chi connectivity index (χ1n) is 10.9. The van der Waals surface area contributed by atoms with Crippen molar-refractivity contribution in [1.29, 1.82) is 5.26 Å². The van der Waals surface area contributed by atoms with Crippen molar-refractivity contribution in [2.45, 2.75) is 6.42 Å². The third-order valence-electron chi connectivity index (χ3n) is 5.21. The van der Waals surface area contributed by atoms with Crippen molar-refractivity contribution in [2.75, 3.05) is 32.0 Å². The predicted molar refractivity (Wildman–Crippen MR) is 137 cm³/mol. The van der Waals surface area contributed by atoms with Gasteiger partial charge in [-0.15, -0.1) is 11.6 Å². The number of ether oxygens (including phenoxy) is 4. The number of fused-ring (bicyclic) bond motifs is 1. The van der Waals surface area contributed by atoms with Crippen LogP contribution in [-0.4, -0.2) is 31.7 Å². The lowest BCUT2D eigenvalue weighted by Crippen LogP contribution is -2.02. The summed E-state index contributed by atoms with van der Waals surface area (Å²) in [5, 5.41) is 13.8. The van der Waals surface area contributed by atoms with Crippen LogP contribution in [0.5, 0.6) is 28.7 Å². The zero-order chi connectivity index (χ0) is 24.6. The molecule has 8 heteroatoms. The van der Waals surface area contributed by atoms with Crippen molar-refractivity contribution < 1.29 is 18.9 Å². The maximum atomic E-state index is 9.70. The molecule has 0 atom stereocenters. The van der Waals surface area contributed by atoms with Crippen LogP contribution in [0.3, 0.4) is 0 Å². The zero-order valence-electron chi connectivity index (χ0n) is 19.4. The minimum atomic E-state index is 0.409. The molecule has 0 aliphatic carbocycles. The summed E-state index contributed by atoms with van der Waals surface area (Å²) in [7, 11) is 3.19. The highest BCUT2D eigenvalue weighted by molar-refractivity contribution is 6.17. The number of nitrogens with one attached hydrogen (secondary N) is 1. The number of aromatic nitrogens is 1. The van der Waals surface area contributed by atoms with Gasteiger partial charge in [-0.05, 0) is 48.9 Å². The Morgan fingerprint density at radius 3 is 2.46 bits per heavy atom. The van der Waals surface area contributed by atoms with Crippen molar-refractivity contribution in [3.05, 3.63) is 72.4 Å². The molecule has 35 heavy (non-hydrogen) atoms. The Balaban J connectivity index is 1.61. The molecule has 1 N–H and O–H groups in total. The van der Waals surface area contributed by atoms with Crippen molar-refractivity contribution in [2.24, 2.45) is 0 Å². The predicted octanol–water partition coefficient (Wildman–Crippen LogP) is 6.67. The third kappa shape index (κ3) is 5.68. The average Bonchev–Trinajstić information content (AvgIpc) is 2.89. The van der Waals surface area contributed by atoms with Crippen LogP contribution < -0.4 is 24.3 Å². The van der Waals surface area contributed by atoms with Gasteiger partial charge in [0.15, 0.2) is 11.5 Å². The highest BCUT2D eigenvalue weighted by Gasteiger charge is 2.15. The number of benzene rings is 3. The van der Waals surface area contributed by atoms with Gasteiger partial charge >= 0.3 is 0 Å². The second-order valence-corrected chi connectivity index (χ2v) is 7.88. The number of pyridine rings is 1. The lowest BCUT2D eigenvalue weighted by Gasteiger charge is -2.15. The van der Waals surface area contributed by atoms with E-state index in [2.05, 4.69) is 16.4 Å². The molecule has 0 bridgehead atoms. The van der Waals surface area contributed by atoms with Crippen LogP contribution in [0.1, 0.15) is 12.0 Å². The molecule has 0 unspecified atom stereocenters. The number of nitriles is 1. The Labute approximate surface area is 208 Å². The highest BCUT2D eigenvalue weighted by Crippen LogP contribution is 2.37. The molecule has 3 aromatic carbocycles. The van der Waals surface area contributed by atoms with Gasteiger partial charge in [-0.25, -0.2) is 0 Å². The number of rotatable bonds is 10. The third-order valence-corrected chi connectivity index (χ3v) is 5.48. The van der Waals surface area contributed by atoms with Crippen LogP contribution in [0, 0.1) is 11.3 Å². The van der Waals surface area contributed by atoms with Crippen molar-refractivity contribution in [3.63, 3.8) is 0 Å². The number of nitrogens with zero attached hydrogens (tertiary/aromatic N) is 2. The molecule has 178 valence electrons. The molecular formula is C27H24ClN3O4. The lowest BCUT2D eigenvalue weighted by atomic mass is 10.1. The molecule has 0 aliphatic heterocycles. The largest absolute Gasteiger partial charge is 0.497 e. The molecule has 0 radical (unpaired) electrons. The number of methoxy groups -OCH3 is 2. The van der Waals surface area contributed by atoms with E-state index < -0.39 is 0 Å². The minimum Gasteiger partial charge on any atom is -0.497 e. The topological polar surface area (TPSA) is 85.6 Å². The van der Waals surface area contributed by atoms with Crippen LogP contribution in [-0.2, 0) is 0 Å². The average molecular weight is 490 g/mol. The summed E-state index contributed by atoms with van der Waals surface area (Å²) in [5.41, 5.74) is 2.50. The minimum absolute atomic E-state index is 0.409. The van der Waals surface area contributed by atoms with Gasteiger partial charge in [-0.1, -0.05) is 6.07 Å². The fraction of sp³-hybridized carbons (Fsp3) is 0.185. The van der Waals surface area contributed by atoms with E-state index >= 15 is 0 Å². The maximum Gasteiger partial charge on any atom is 0.163 e. The number of anilines is 2. The van der Waals surface area contributed by atoms with Crippen LogP contribution in [0.25, 0.3) is 10.9 Å². The maximum absolute atomic E-state index is 9.70. The normalized spacial score (nSPS) is 10.5. The first kappa shape index (κ1) is 24.0. The van der Waals surface area contributed by atoms with Gasteiger partial charge in [0.2, 0.25) is 0 Å². The van der Waals surface area contributed by atoms with Gasteiger partial charge in [-0.2, -0.15) is 5.26 Å². The van der Waals surface area contributed by atoms with Gasteiger partial charge < -0.3 is 24.3 Å². The fourth-order valence-electron chi connectivity index (χ4n) is 3.48. The van der Waals surface area contributed by atoms with E-state index in [1.807, 2.05) is 54.6 Å². The molecule has 0 amide bonds. The first-order valence-corrected chi connectivity index (χ1v) is 11.5. The molecule has 1 heterocycles. The Kier molecular flexibility index (Phi) is 7.76. The second kappa shape index (κ2) is 11.3. The molecule has 0 saturated carbocycles. The van der Waals surface area contributed by atoms with Crippen molar-refractivity contribution in [3.8, 4) is 34.8 Å². The molecular weight excluding hydrogens is 466 g/mol. The van der Waals surface area contributed by atoms with E-state index in [9.17, 15) is 5.26 Å². The van der Waals surface area contributed by atoms with E-state index in [1.165, 1.54) is 0 Å². The SMILES string of the molecule is COc1cccc(Oc2ccc(Nc3c(C#N)cnc4cc(OCCCCl)c(OC)cc34)cc2)c1. The Morgan fingerprint density at radius 1 is 0.943 bits per heavy atom. The van der Waals surface area contributed by atoms with Gasteiger partial charge in [-0.3, -0.25) is 4.98 Å². The van der Waals surface area contributed by atoms with E-state index in [0.717, 1.165) is 16.8 Å². The molecule has 0 aliphatic rings. The van der Waals surface area contributed by atoms with Gasteiger partial charge in [0, 0.05) is 35.3 Å². The number of alkyl halides is 1. The second-order valence-electron chi connectivity index (χ2n) is 7.50. The highest BCUT2D eigenvalue weighted by atomic mass is 35.5. The van der Waals surface area contributed by atoms with Crippen molar-refractivity contribution in [1.82, 2.24) is 4.98 Å². The molecule has 1 aromatic heterocycles. The summed E-state index contributed by atoms with van der Waals surface area (Å²) in [6.07, 6.45) is 2.26. The molecule has 4 rings (SSSR count). The van der Waals surface area contributed by atoms with Gasteiger partial charge in [0.25, 0.3) is 0 Å². The van der Waals surface area contributed by atoms with Gasteiger partial charge in [0.1, 0.15) is 23.3 Å². The first-order chi connectivity index (χ1) is 17.1. The molecule has 7 nitrogen and oxygen atoms in total. The quantitative estimate of drug-likeness (QED) is 0.197. The molecule has 0 saturated heterocycles. The van der Waals surface area contributed by atoms with Crippen LogP contribution >= 0.6 is 11.6 Å². The van der Waals surface area contributed by atoms with Crippen LogP contribution in [0.2, 0.25) is 0 Å².